The van der Waals surface area contributed by atoms with Crippen molar-refractivity contribution in [1.29, 1.82) is 0 Å². The van der Waals surface area contributed by atoms with Gasteiger partial charge in [0.15, 0.2) is 11.5 Å². The molecular weight excluding hydrogens is 332 g/mol. The van der Waals surface area contributed by atoms with E-state index in [0.717, 1.165) is 24.2 Å². The monoisotopic (exact) mass is 354 g/mol. The van der Waals surface area contributed by atoms with Gasteiger partial charge >= 0.3 is 0 Å². The first kappa shape index (κ1) is 16.8. The Morgan fingerprint density at radius 3 is 2.77 bits per heavy atom. The number of piperidine rings is 1. The van der Waals surface area contributed by atoms with Crippen molar-refractivity contribution in [2.24, 2.45) is 5.92 Å². The molecule has 1 N–H and O–H groups in total. The van der Waals surface area contributed by atoms with E-state index in [0.29, 0.717) is 31.0 Å². The number of ether oxygens (including phenoxy) is 2. The van der Waals surface area contributed by atoms with Crippen molar-refractivity contribution in [1.82, 2.24) is 9.88 Å². The number of fused-ring (bicyclic) bond motifs is 1. The molecule has 136 valence electrons. The van der Waals surface area contributed by atoms with E-state index in [-0.39, 0.29) is 18.6 Å². The molecular formula is C20H22N2O4. The second-order valence-electron chi connectivity index (χ2n) is 6.78. The predicted octanol–water partition coefficient (Wildman–Crippen LogP) is 2.33. The largest absolute Gasteiger partial charge is 0.454 e. The first-order chi connectivity index (χ1) is 12.7. The number of aliphatic hydroxyl groups excluding tert-OH is 1. The summed E-state index contributed by atoms with van der Waals surface area (Å²) in [4.78, 5) is 18.7. The summed E-state index contributed by atoms with van der Waals surface area (Å²) in [6, 6.07) is 11.2. The lowest BCUT2D eigenvalue weighted by Gasteiger charge is -2.34. The number of hydrogen-bond donors (Lipinski definition) is 1. The van der Waals surface area contributed by atoms with E-state index in [1.54, 1.807) is 6.20 Å². The highest BCUT2D eigenvalue weighted by molar-refractivity contribution is 5.79. The molecule has 1 aromatic carbocycles. The molecule has 0 unspecified atom stereocenters. The number of aromatic nitrogens is 1. The average Bonchev–Trinajstić information content (AvgIpc) is 3.16. The minimum atomic E-state index is -0.567. The van der Waals surface area contributed by atoms with Crippen LogP contribution in [0, 0.1) is 5.92 Å². The Balaban J connectivity index is 1.32. The average molecular weight is 354 g/mol. The molecule has 0 saturated carbocycles. The lowest BCUT2D eigenvalue weighted by Crippen LogP contribution is -2.40. The van der Waals surface area contributed by atoms with Crippen LogP contribution < -0.4 is 9.47 Å². The van der Waals surface area contributed by atoms with Crippen LogP contribution in [-0.2, 0) is 11.2 Å². The molecule has 1 fully saturated rings. The van der Waals surface area contributed by atoms with Gasteiger partial charge < -0.3 is 19.5 Å². The molecule has 1 amide bonds. The summed E-state index contributed by atoms with van der Waals surface area (Å²) in [5.41, 5.74) is 1.63. The molecule has 4 rings (SSSR count). The minimum absolute atomic E-state index is 0.106. The maximum absolute atomic E-state index is 12.6. The van der Waals surface area contributed by atoms with Gasteiger partial charge in [-0.05, 0) is 48.6 Å². The third-order valence-corrected chi connectivity index (χ3v) is 5.12. The van der Waals surface area contributed by atoms with Gasteiger partial charge in [0.05, 0.1) is 18.2 Å². The lowest BCUT2D eigenvalue weighted by atomic mass is 9.89. The molecule has 0 radical (unpaired) electrons. The Morgan fingerprint density at radius 1 is 1.19 bits per heavy atom. The number of carbonyl (C=O) groups excluding carboxylic acids is 1. The molecule has 0 spiro atoms. The van der Waals surface area contributed by atoms with Crippen LogP contribution in [0.4, 0.5) is 0 Å². The summed E-state index contributed by atoms with van der Waals surface area (Å²) in [6.45, 7) is 1.56. The summed E-state index contributed by atoms with van der Waals surface area (Å²) < 4.78 is 10.7. The number of amides is 1. The zero-order valence-electron chi connectivity index (χ0n) is 14.5. The van der Waals surface area contributed by atoms with Crippen molar-refractivity contribution in [3.63, 3.8) is 0 Å². The lowest BCUT2D eigenvalue weighted by molar-refractivity contribution is -0.132. The van der Waals surface area contributed by atoms with Crippen LogP contribution in [0.25, 0.3) is 0 Å². The topological polar surface area (TPSA) is 71.9 Å². The number of likely N-dealkylation sites (tertiary alicyclic amines) is 1. The zero-order chi connectivity index (χ0) is 17.9. The van der Waals surface area contributed by atoms with Crippen LogP contribution in [0.15, 0.2) is 42.6 Å². The van der Waals surface area contributed by atoms with E-state index in [1.165, 1.54) is 0 Å². The first-order valence-corrected chi connectivity index (χ1v) is 8.96. The van der Waals surface area contributed by atoms with Crippen LogP contribution in [0.5, 0.6) is 11.5 Å². The highest BCUT2D eigenvalue weighted by Crippen LogP contribution is 2.33. The molecule has 1 aromatic heterocycles. The summed E-state index contributed by atoms with van der Waals surface area (Å²) in [7, 11) is 0. The number of rotatable bonds is 4. The van der Waals surface area contributed by atoms with Gasteiger partial charge in [-0.3, -0.25) is 9.78 Å². The van der Waals surface area contributed by atoms with Crippen molar-refractivity contribution in [2.45, 2.75) is 25.4 Å². The van der Waals surface area contributed by atoms with Crippen LogP contribution in [0.1, 0.15) is 30.2 Å². The maximum atomic E-state index is 12.6. The highest BCUT2D eigenvalue weighted by Gasteiger charge is 2.29. The van der Waals surface area contributed by atoms with Crippen molar-refractivity contribution >= 4 is 5.91 Å². The summed E-state index contributed by atoms with van der Waals surface area (Å²) in [5, 5.41) is 10.5. The third-order valence-electron chi connectivity index (χ3n) is 5.12. The normalized spacial score (nSPS) is 18.0. The van der Waals surface area contributed by atoms with Crippen LogP contribution in [-0.4, -0.2) is 40.8 Å². The maximum Gasteiger partial charge on any atom is 0.231 e. The van der Waals surface area contributed by atoms with Gasteiger partial charge in [0.2, 0.25) is 12.7 Å². The van der Waals surface area contributed by atoms with Gasteiger partial charge in [-0.25, -0.2) is 0 Å². The Labute approximate surface area is 152 Å². The number of carbonyl (C=O) groups is 1. The fourth-order valence-electron chi connectivity index (χ4n) is 3.59. The number of nitrogens with zero attached hydrogens (tertiary/aromatic N) is 2. The molecule has 0 aliphatic carbocycles. The summed E-state index contributed by atoms with van der Waals surface area (Å²) in [5.74, 6) is 1.67. The smallest absolute Gasteiger partial charge is 0.231 e. The Hall–Kier alpha value is -2.60. The number of pyridine rings is 1. The van der Waals surface area contributed by atoms with Gasteiger partial charge in [0.1, 0.15) is 0 Å². The van der Waals surface area contributed by atoms with Gasteiger partial charge in [0, 0.05) is 19.3 Å². The molecule has 6 heteroatoms. The summed E-state index contributed by atoms with van der Waals surface area (Å²) >= 11 is 0. The van der Waals surface area contributed by atoms with E-state index < -0.39 is 6.10 Å². The van der Waals surface area contributed by atoms with E-state index in [1.807, 2.05) is 41.3 Å². The molecule has 6 nitrogen and oxygen atoms in total. The number of hydrogen-bond acceptors (Lipinski definition) is 5. The van der Waals surface area contributed by atoms with E-state index >= 15 is 0 Å². The molecule has 2 aromatic rings. The summed E-state index contributed by atoms with van der Waals surface area (Å²) in [6.07, 6.45) is 3.05. The highest BCUT2D eigenvalue weighted by atomic mass is 16.7. The number of benzene rings is 1. The molecule has 0 bridgehead atoms. The van der Waals surface area contributed by atoms with Crippen LogP contribution in [0.2, 0.25) is 0 Å². The third kappa shape index (κ3) is 3.51. The molecule has 1 saturated heterocycles. The van der Waals surface area contributed by atoms with Gasteiger partial charge in [-0.1, -0.05) is 12.1 Å². The SMILES string of the molecule is O=C(Cc1ccc2c(c1)OCO2)N1CCC([C@H](O)c2ccccn2)CC1. The standard InChI is InChI=1S/C20H22N2O4/c23-19(12-14-4-5-17-18(11-14)26-13-25-17)22-9-6-15(7-10-22)20(24)16-3-1-2-8-21-16/h1-5,8,11,15,20,24H,6-7,9-10,12-13H2/t20-/m0/s1. The van der Waals surface area contributed by atoms with Crippen LogP contribution in [0.3, 0.4) is 0 Å². The fourth-order valence-corrected chi connectivity index (χ4v) is 3.59. The fraction of sp³-hybridized carbons (Fsp3) is 0.400. The van der Waals surface area contributed by atoms with Crippen molar-refractivity contribution in [3.05, 3.63) is 53.9 Å². The first-order valence-electron chi connectivity index (χ1n) is 8.96. The van der Waals surface area contributed by atoms with Crippen LogP contribution >= 0.6 is 0 Å². The minimum Gasteiger partial charge on any atom is -0.454 e. The second kappa shape index (κ2) is 7.33. The van der Waals surface area contributed by atoms with Gasteiger partial charge in [-0.2, -0.15) is 0 Å². The Bertz CT molecular complexity index is 773. The Morgan fingerprint density at radius 2 is 2.00 bits per heavy atom. The van der Waals surface area contributed by atoms with Crippen molar-refractivity contribution in [2.75, 3.05) is 19.9 Å². The molecule has 1 atom stereocenters. The molecule has 2 aliphatic rings. The van der Waals surface area contributed by atoms with Gasteiger partial charge in [-0.15, -0.1) is 0 Å². The Kier molecular flexibility index (Phi) is 4.75. The quantitative estimate of drug-likeness (QED) is 0.912. The predicted molar refractivity (Wildman–Crippen MR) is 94.8 cm³/mol. The van der Waals surface area contributed by atoms with Crippen molar-refractivity contribution in [3.8, 4) is 11.5 Å². The van der Waals surface area contributed by atoms with E-state index in [2.05, 4.69) is 4.98 Å². The number of aliphatic hydroxyl groups is 1. The second-order valence-corrected chi connectivity index (χ2v) is 6.78. The molecule has 26 heavy (non-hydrogen) atoms. The van der Waals surface area contributed by atoms with E-state index in [4.69, 9.17) is 9.47 Å². The van der Waals surface area contributed by atoms with E-state index in [9.17, 15) is 9.90 Å². The molecule has 2 aliphatic heterocycles. The zero-order valence-corrected chi connectivity index (χ0v) is 14.5. The molecule has 3 heterocycles. The van der Waals surface area contributed by atoms with Gasteiger partial charge in [0.25, 0.3) is 0 Å². The van der Waals surface area contributed by atoms with Crippen molar-refractivity contribution < 1.29 is 19.4 Å².